The van der Waals surface area contributed by atoms with Crippen LogP contribution in [0.25, 0.3) is 0 Å². The van der Waals surface area contributed by atoms with Crippen molar-refractivity contribution >= 4 is 28.9 Å². The summed E-state index contributed by atoms with van der Waals surface area (Å²) < 4.78 is 10.5. The number of carbonyl (C=O) groups excluding carboxylic acids is 1. The first kappa shape index (κ1) is 17.6. The van der Waals surface area contributed by atoms with E-state index in [1.165, 1.54) is 0 Å². The second kappa shape index (κ2) is 8.16. The Kier molecular flexibility index (Phi) is 5.97. The molecule has 0 aliphatic rings. The van der Waals surface area contributed by atoms with Crippen LogP contribution in [0.1, 0.15) is 15.9 Å². The Morgan fingerprint density at radius 1 is 1.00 bits per heavy atom. The SMILES string of the molecule is COc1cc(C(=O)NNC(=S)Nc2ccccc2)cc(OC)c1C. The first-order valence-electron chi connectivity index (χ1n) is 7.20. The largest absolute Gasteiger partial charge is 0.496 e. The van der Waals surface area contributed by atoms with Gasteiger partial charge in [0.25, 0.3) is 5.91 Å². The van der Waals surface area contributed by atoms with E-state index in [9.17, 15) is 4.79 Å². The van der Waals surface area contributed by atoms with E-state index in [4.69, 9.17) is 21.7 Å². The van der Waals surface area contributed by atoms with Crippen LogP contribution in [0.2, 0.25) is 0 Å². The molecular formula is C17H19N3O3S. The molecule has 2 aromatic carbocycles. The normalized spacial score (nSPS) is 9.79. The minimum atomic E-state index is -0.358. The van der Waals surface area contributed by atoms with Gasteiger partial charge in [0, 0.05) is 16.8 Å². The summed E-state index contributed by atoms with van der Waals surface area (Å²) in [7, 11) is 3.08. The van der Waals surface area contributed by atoms with Crippen LogP contribution in [-0.2, 0) is 0 Å². The number of nitrogens with one attached hydrogen (secondary N) is 3. The number of para-hydroxylation sites is 1. The number of benzene rings is 2. The number of carbonyl (C=O) groups is 1. The van der Waals surface area contributed by atoms with Gasteiger partial charge in [-0.15, -0.1) is 0 Å². The van der Waals surface area contributed by atoms with Crippen molar-refractivity contribution in [2.24, 2.45) is 0 Å². The Hall–Kier alpha value is -2.80. The molecule has 7 heteroatoms. The van der Waals surface area contributed by atoms with Crippen LogP contribution < -0.4 is 25.6 Å². The van der Waals surface area contributed by atoms with Crippen LogP contribution in [0.3, 0.4) is 0 Å². The van der Waals surface area contributed by atoms with E-state index in [2.05, 4.69) is 16.2 Å². The van der Waals surface area contributed by atoms with Gasteiger partial charge in [0.15, 0.2) is 5.11 Å². The van der Waals surface area contributed by atoms with Crippen LogP contribution in [-0.4, -0.2) is 25.2 Å². The Labute approximate surface area is 146 Å². The molecule has 0 aliphatic carbocycles. The zero-order valence-corrected chi connectivity index (χ0v) is 14.5. The predicted octanol–water partition coefficient (Wildman–Crippen LogP) is 2.64. The van der Waals surface area contributed by atoms with Gasteiger partial charge in [0.1, 0.15) is 11.5 Å². The van der Waals surface area contributed by atoms with E-state index in [0.29, 0.717) is 17.1 Å². The smallest absolute Gasteiger partial charge is 0.269 e. The molecule has 126 valence electrons. The number of hydrazine groups is 1. The molecule has 0 aliphatic heterocycles. The summed E-state index contributed by atoms with van der Waals surface area (Å²) in [6.07, 6.45) is 0. The summed E-state index contributed by atoms with van der Waals surface area (Å²) in [5.74, 6) is 0.790. The lowest BCUT2D eigenvalue weighted by Crippen LogP contribution is -2.43. The molecule has 0 heterocycles. The predicted molar refractivity (Wildman–Crippen MR) is 97.5 cm³/mol. The molecule has 0 bridgehead atoms. The van der Waals surface area contributed by atoms with Gasteiger partial charge in [0.2, 0.25) is 0 Å². The molecule has 0 saturated carbocycles. The Bertz CT molecular complexity index is 710. The van der Waals surface area contributed by atoms with E-state index in [-0.39, 0.29) is 11.0 Å². The molecule has 6 nitrogen and oxygen atoms in total. The molecule has 24 heavy (non-hydrogen) atoms. The molecular weight excluding hydrogens is 326 g/mol. The third-order valence-corrected chi connectivity index (χ3v) is 3.54. The quantitative estimate of drug-likeness (QED) is 0.584. The van der Waals surface area contributed by atoms with E-state index in [1.807, 2.05) is 37.3 Å². The molecule has 1 amide bonds. The van der Waals surface area contributed by atoms with Crippen LogP contribution in [0.15, 0.2) is 42.5 Å². The van der Waals surface area contributed by atoms with E-state index < -0.39 is 0 Å². The highest BCUT2D eigenvalue weighted by atomic mass is 32.1. The lowest BCUT2D eigenvalue weighted by atomic mass is 10.1. The van der Waals surface area contributed by atoms with Gasteiger partial charge in [-0.05, 0) is 43.4 Å². The van der Waals surface area contributed by atoms with Crippen LogP contribution in [0.4, 0.5) is 5.69 Å². The van der Waals surface area contributed by atoms with Crippen molar-refractivity contribution in [2.75, 3.05) is 19.5 Å². The molecule has 0 aromatic heterocycles. The van der Waals surface area contributed by atoms with Crippen molar-refractivity contribution in [3.05, 3.63) is 53.6 Å². The molecule has 0 unspecified atom stereocenters. The Morgan fingerprint density at radius 2 is 1.58 bits per heavy atom. The van der Waals surface area contributed by atoms with Gasteiger partial charge >= 0.3 is 0 Å². The van der Waals surface area contributed by atoms with Crippen LogP contribution in [0, 0.1) is 6.92 Å². The Balaban J connectivity index is 2.01. The lowest BCUT2D eigenvalue weighted by molar-refractivity contribution is 0.0943. The average molecular weight is 345 g/mol. The molecule has 0 fully saturated rings. The first-order chi connectivity index (χ1) is 11.5. The zero-order chi connectivity index (χ0) is 17.5. The van der Waals surface area contributed by atoms with Gasteiger partial charge in [-0.2, -0.15) is 0 Å². The second-order valence-electron chi connectivity index (χ2n) is 4.91. The summed E-state index contributed by atoms with van der Waals surface area (Å²) >= 11 is 5.14. The van der Waals surface area contributed by atoms with Crippen molar-refractivity contribution in [1.82, 2.24) is 10.9 Å². The molecule has 0 radical (unpaired) electrons. The summed E-state index contributed by atoms with van der Waals surface area (Å²) in [6.45, 7) is 1.86. The standard InChI is InChI=1S/C17H19N3O3S/c1-11-14(22-2)9-12(10-15(11)23-3)16(21)19-20-17(24)18-13-7-5-4-6-8-13/h4-10H,1-3H3,(H,19,21)(H2,18,20,24). The fraction of sp³-hybridized carbons (Fsp3) is 0.176. The number of methoxy groups -OCH3 is 2. The number of amides is 1. The third-order valence-electron chi connectivity index (χ3n) is 3.34. The topological polar surface area (TPSA) is 71.6 Å². The van der Waals surface area contributed by atoms with Crippen molar-refractivity contribution < 1.29 is 14.3 Å². The fourth-order valence-corrected chi connectivity index (χ4v) is 2.26. The summed E-state index contributed by atoms with van der Waals surface area (Å²) in [6, 6.07) is 12.7. The van der Waals surface area contributed by atoms with Crippen molar-refractivity contribution in [1.29, 1.82) is 0 Å². The van der Waals surface area contributed by atoms with E-state index in [0.717, 1.165) is 11.3 Å². The maximum absolute atomic E-state index is 12.3. The van der Waals surface area contributed by atoms with Gasteiger partial charge in [-0.3, -0.25) is 15.6 Å². The number of hydrogen-bond acceptors (Lipinski definition) is 4. The van der Waals surface area contributed by atoms with Gasteiger partial charge < -0.3 is 14.8 Å². The summed E-state index contributed by atoms with van der Waals surface area (Å²) in [4.78, 5) is 12.3. The number of thiocarbonyl (C=S) groups is 1. The maximum atomic E-state index is 12.3. The molecule has 3 N–H and O–H groups in total. The highest BCUT2D eigenvalue weighted by Gasteiger charge is 2.13. The minimum Gasteiger partial charge on any atom is -0.496 e. The molecule has 2 rings (SSSR count). The maximum Gasteiger partial charge on any atom is 0.269 e. The average Bonchev–Trinajstić information content (AvgIpc) is 2.60. The molecule has 0 spiro atoms. The first-order valence-corrected chi connectivity index (χ1v) is 7.61. The number of anilines is 1. The van der Waals surface area contributed by atoms with E-state index in [1.54, 1.807) is 26.4 Å². The minimum absolute atomic E-state index is 0.278. The van der Waals surface area contributed by atoms with Gasteiger partial charge in [0.05, 0.1) is 14.2 Å². The highest BCUT2D eigenvalue weighted by molar-refractivity contribution is 7.80. The lowest BCUT2D eigenvalue weighted by Gasteiger charge is -2.14. The zero-order valence-electron chi connectivity index (χ0n) is 13.7. The molecule has 0 saturated heterocycles. The van der Waals surface area contributed by atoms with Crippen LogP contribution >= 0.6 is 12.2 Å². The monoisotopic (exact) mass is 345 g/mol. The molecule has 0 atom stereocenters. The fourth-order valence-electron chi connectivity index (χ4n) is 2.09. The van der Waals surface area contributed by atoms with Crippen molar-refractivity contribution in [3.8, 4) is 11.5 Å². The van der Waals surface area contributed by atoms with Crippen molar-refractivity contribution in [3.63, 3.8) is 0 Å². The van der Waals surface area contributed by atoms with Crippen LogP contribution in [0.5, 0.6) is 11.5 Å². The number of ether oxygens (including phenoxy) is 2. The van der Waals surface area contributed by atoms with Gasteiger partial charge in [-0.25, -0.2) is 0 Å². The molecule has 2 aromatic rings. The van der Waals surface area contributed by atoms with Gasteiger partial charge in [-0.1, -0.05) is 18.2 Å². The summed E-state index contributed by atoms with van der Waals surface area (Å²) in [5, 5.41) is 3.24. The Morgan fingerprint density at radius 3 is 2.12 bits per heavy atom. The number of rotatable bonds is 4. The number of hydrogen-bond donors (Lipinski definition) is 3. The third kappa shape index (κ3) is 4.36. The van der Waals surface area contributed by atoms with E-state index >= 15 is 0 Å². The highest BCUT2D eigenvalue weighted by Crippen LogP contribution is 2.29. The summed E-state index contributed by atoms with van der Waals surface area (Å²) in [5.41, 5.74) is 7.24. The van der Waals surface area contributed by atoms with Crippen molar-refractivity contribution in [2.45, 2.75) is 6.92 Å². The second-order valence-corrected chi connectivity index (χ2v) is 5.31.